The summed E-state index contributed by atoms with van der Waals surface area (Å²) in [5.74, 6) is -0.711. The smallest absolute Gasteiger partial charge is 0.253 e. The van der Waals surface area contributed by atoms with E-state index in [1.54, 1.807) is 47.4 Å². The van der Waals surface area contributed by atoms with Gasteiger partial charge in [0.15, 0.2) is 0 Å². The van der Waals surface area contributed by atoms with Gasteiger partial charge in [-0.3, -0.25) is 9.59 Å². The van der Waals surface area contributed by atoms with E-state index in [0.717, 1.165) is 12.0 Å². The van der Waals surface area contributed by atoms with Gasteiger partial charge in [-0.05, 0) is 55.3 Å². The van der Waals surface area contributed by atoms with Crippen molar-refractivity contribution in [1.82, 2.24) is 14.9 Å². The molecule has 1 fully saturated rings. The number of likely N-dealkylation sites (tertiary alicyclic amines) is 1. The van der Waals surface area contributed by atoms with E-state index in [9.17, 15) is 18.0 Å². The third-order valence-corrected chi connectivity index (χ3v) is 6.96. The number of nitrogens with one attached hydrogen (secondary N) is 2. The van der Waals surface area contributed by atoms with E-state index >= 15 is 0 Å². The molecule has 0 aromatic heterocycles. The molecule has 1 atom stereocenters. The Hall–Kier alpha value is -2.42. The molecule has 1 heterocycles. The predicted octanol–water partition coefficient (Wildman–Crippen LogP) is 2.56. The molecule has 166 valence electrons. The maximum absolute atomic E-state index is 12.8. The number of piperidine rings is 1. The summed E-state index contributed by atoms with van der Waals surface area (Å²) < 4.78 is 26.1. The number of carbonyl (C=O) groups excluding carboxylic acids is 2. The van der Waals surface area contributed by atoms with Gasteiger partial charge in [-0.2, -0.15) is 0 Å². The lowest BCUT2D eigenvalue weighted by Crippen LogP contribution is -2.45. The summed E-state index contributed by atoms with van der Waals surface area (Å²) >= 11 is 5.89. The number of sulfonamides is 1. The molecule has 31 heavy (non-hydrogen) atoms. The van der Waals surface area contributed by atoms with Crippen LogP contribution in [0.25, 0.3) is 0 Å². The standard InChI is InChI=1S/C22H26ClN3O4S/c1-24-31(29,30)15-19-6-3-2-5-17(19)13-25-21(27)18-7-4-12-26(14-18)22(28)16-8-10-20(23)11-9-16/h2-3,5-6,8-11,18,24H,4,7,12-15H2,1H3,(H,25,27)/t18-/m0/s1. The van der Waals surface area contributed by atoms with E-state index in [0.29, 0.717) is 35.7 Å². The maximum Gasteiger partial charge on any atom is 0.253 e. The minimum Gasteiger partial charge on any atom is -0.352 e. The van der Waals surface area contributed by atoms with E-state index in [1.807, 2.05) is 6.07 Å². The fraction of sp³-hybridized carbons (Fsp3) is 0.364. The Kier molecular flexibility index (Phi) is 7.69. The molecule has 3 rings (SSSR count). The molecule has 9 heteroatoms. The molecule has 1 aliphatic rings. The fourth-order valence-electron chi connectivity index (χ4n) is 3.62. The van der Waals surface area contributed by atoms with E-state index in [4.69, 9.17) is 11.6 Å². The molecule has 2 amide bonds. The number of rotatable bonds is 7. The highest BCUT2D eigenvalue weighted by Gasteiger charge is 2.29. The van der Waals surface area contributed by atoms with Crippen LogP contribution in [0.4, 0.5) is 0 Å². The molecule has 0 saturated carbocycles. The Morgan fingerprint density at radius 3 is 2.45 bits per heavy atom. The molecule has 7 nitrogen and oxygen atoms in total. The number of hydrogen-bond acceptors (Lipinski definition) is 4. The van der Waals surface area contributed by atoms with Gasteiger partial charge in [0.1, 0.15) is 0 Å². The summed E-state index contributed by atoms with van der Waals surface area (Å²) in [7, 11) is -2.04. The monoisotopic (exact) mass is 463 g/mol. The average molecular weight is 464 g/mol. The topological polar surface area (TPSA) is 95.6 Å². The highest BCUT2D eigenvalue weighted by Crippen LogP contribution is 2.20. The first kappa shape index (κ1) is 23.2. The van der Waals surface area contributed by atoms with E-state index in [-0.39, 0.29) is 30.0 Å². The van der Waals surface area contributed by atoms with Crippen LogP contribution in [0.1, 0.15) is 34.3 Å². The fourth-order valence-corrected chi connectivity index (χ4v) is 4.59. The van der Waals surface area contributed by atoms with Crippen molar-refractivity contribution in [1.29, 1.82) is 0 Å². The lowest BCUT2D eigenvalue weighted by molar-refractivity contribution is -0.126. The van der Waals surface area contributed by atoms with Gasteiger partial charge in [-0.25, -0.2) is 13.1 Å². The quantitative estimate of drug-likeness (QED) is 0.659. The largest absolute Gasteiger partial charge is 0.352 e. The number of amides is 2. The van der Waals surface area contributed by atoms with Crippen LogP contribution in [0, 0.1) is 5.92 Å². The Morgan fingerprint density at radius 1 is 1.10 bits per heavy atom. The number of halogens is 1. The van der Waals surface area contributed by atoms with Gasteiger partial charge < -0.3 is 10.2 Å². The van der Waals surface area contributed by atoms with E-state index in [1.165, 1.54) is 7.05 Å². The van der Waals surface area contributed by atoms with Crippen molar-refractivity contribution in [2.24, 2.45) is 5.92 Å². The van der Waals surface area contributed by atoms with Crippen LogP contribution in [-0.4, -0.2) is 45.3 Å². The Labute approximate surface area is 187 Å². The predicted molar refractivity (Wildman–Crippen MR) is 120 cm³/mol. The highest BCUT2D eigenvalue weighted by molar-refractivity contribution is 7.88. The highest BCUT2D eigenvalue weighted by atomic mass is 35.5. The lowest BCUT2D eigenvalue weighted by Gasteiger charge is -2.32. The van der Waals surface area contributed by atoms with Gasteiger partial charge >= 0.3 is 0 Å². The third-order valence-electron chi connectivity index (χ3n) is 5.40. The SMILES string of the molecule is CNS(=O)(=O)Cc1ccccc1CNC(=O)[C@H]1CCCN(C(=O)c2ccc(Cl)cc2)C1. The van der Waals surface area contributed by atoms with Crippen LogP contribution >= 0.6 is 11.6 Å². The Balaban J connectivity index is 1.61. The molecule has 0 bridgehead atoms. The van der Waals surface area contributed by atoms with Crippen LogP contribution in [0.3, 0.4) is 0 Å². The third kappa shape index (κ3) is 6.29. The van der Waals surface area contributed by atoms with Crippen molar-refractivity contribution in [3.05, 3.63) is 70.2 Å². The number of nitrogens with zero attached hydrogens (tertiary/aromatic N) is 1. The molecule has 0 aliphatic carbocycles. The molecule has 2 aromatic rings. The van der Waals surface area contributed by atoms with Crippen LogP contribution in [0.5, 0.6) is 0 Å². The summed E-state index contributed by atoms with van der Waals surface area (Å²) in [5, 5.41) is 3.48. The molecular formula is C22H26ClN3O4S. The molecule has 0 unspecified atom stereocenters. The summed E-state index contributed by atoms with van der Waals surface area (Å²) in [5.41, 5.74) is 1.94. The lowest BCUT2D eigenvalue weighted by atomic mass is 9.96. The molecule has 2 N–H and O–H groups in total. The first-order chi connectivity index (χ1) is 14.8. The zero-order valence-electron chi connectivity index (χ0n) is 17.3. The second kappa shape index (κ2) is 10.3. The number of benzene rings is 2. The number of carbonyl (C=O) groups is 2. The van der Waals surface area contributed by atoms with E-state index < -0.39 is 10.0 Å². The van der Waals surface area contributed by atoms with Crippen molar-refractivity contribution >= 4 is 33.4 Å². The second-order valence-electron chi connectivity index (χ2n) is 7.55. The van der Waals surface area contributed by atoms with Gasteiger partial charge in [0.2, 0.25) is 15.9 Å². The van der Waals surface area contributed by atoms with Crippen molar-refractivity contribution in [2.75, 3.05) is 20.1 Å². The van der Waals surface area contributed by atoms with Crippen LogP contribution in [0.2, 0.25) is 5.02 Å². The normalized spacial score (nSPS) is 16.7. The first-order valence-electron chi connectivity index (χ1n) is 10.1. The van der Waals surface area contributed by atoms with Gasteiger partial charge in [-0.15, -0.1) is 0 Å². The second-order valence-corrected chi connectivity index (χ2v) is 9.91. The van der Waals surface area contributed by atoms with Crippen molar-refractivity contribution in [3.8, 4) is 0 Å². The van der Waals surface area contributed by atoms with Crippen molar-refractivity contribution < 1.29 is 18.0 Å². The molecule has 0 radical (unpaired) electrons. The van der Waals surface area contributed by atoms with Crippen LogP contribution in [-0.2, 0) is 27.1 Å². The number of hydrogen-bond donors (Lipinski definition) is 2. The maximum atomic E-state index is 12.8. The summed E-state index contributed by atoms with van der Waals surface area (Å²) in [4.78, 5) is 27.2. The van der Waals surface area contributed by atoms with Crippen LogP contribution in [0.15, 0.2) is 48.5 Å². The van der Waals surface area contributed by atoms with Crippen molar-refractivity contribution in [2.45, 2.75) is 25.1 Å². The first-order valence-corrected chi connectivity index (χ1v) is 12.1. The molecule has 1 saturated heterocycles. The summed E-state index contributed by atoms with van der Waals surface area (Å²) in [6.45, 7) is 1.19. The molecule has 0 spiro atoms. The Bertz CT molecular complexity index is 1040. The minimum atomic E-state index is -3.42. The van der Waals surface area contributed by atoms with Gasteiger partial charge in [0.25, 0.3) is 5.91 Å². The average Bonchev–Trinajstić information content (AvgIpc) is 2.78. The Morgan fingerprint density at radius 2 is 1.77 bits per heavy atom. The minimum absolute atomic E-state index is 0.114. The van der Waals surface area contributed by atoms with Gasteiger partial charge in [0.05, 0.1) is 11.7 Å². The van der Waals surface area contributed by atoms with Crippen molar-refractivity contribution in [3.63, 3.8) is 0 Å². The van der Waals surface area contributed by atoms with Gasteiger partial charge in [0, 0.05) is 30.2 Å². The molecular weight excluding hydrogens is 438 g/mol. The van der Waals surface area contributed by atoms with Crippen LogP contribution < -0.4 is 10.0 Å². The zero-order valence-corrected chi connectivity index (χ0v) is 18.9. The summed E-state index contributed by atoms with van der Waals surface area (Å²) in [6, 6.07) is 13.8. The summed E-state index contributed by atoms with van der Waals surface area (Å²) in [6.07, 6.45) is 1.44. The van der Waals surface area contributed by atoms with Gasteiger partial charge in [-0.1, -0.05) is 35.9 Å². The van der Waals surface area contributed by atoms with E-state index in [2.05, 4.69) is 10.0 Å². The molecule has 1 aliphatic heterocycles. The molecule has 2 aromatic carbocycles. The zero-order chi connectivity index (χ0) is 22.4.